The number of nitrogens with one attached hydrogen (secondary N) is 1. The summed E-state index contributed by atoms with van der Waals surface area (Å²) in [6.45, 7) is 2.16. The van der Waals surface area contributed by atoms with Crippen LogP contribution < -0.4 is 10.1 Å². The van der Waals surface area contributed by atoms with E-state index in [1.54, 1.807) is 13.4 Å². The highest BCUT2D eigenvalue weighted by atomic mass is 16.5. The van der Waals surface area contributed by atoms with Crippen molar-refractivity contribution in [1.29, 1.82) is 0 Å². The molecule has 1 aromatic heterocycles. The maximum atomic E-state index is 5.13. The van der Waals surface area contributed by atoms with E-state index < -0.39 is 0 Å². The van der Waals surface area contributed by atoms with Gasteiger partial charge in [-0.1, -0.05) is 31.2 Å². The van der Waals surface area contributed by atoms with E-state index >= 15 is 0 Å². The predicted octanol–water partition coefficient (Wildman–Crippen LogP) is 2.55. The van der Waals surface area contributed by atoms with E-state index in [9.17, 15) is 0 Å². The summed E-state index contributed by atoms with van der Waals surface area (Å²) >= 11 is 0. The lowest BCUT2D eigenvalue weighted by Gasteiger charge is -2.16. The summed E-state index contributed by atoms with van der Waals surface area (Å²) in [6.07, 6.45) is 3.41. The molecule has 0 aliphatic heterocycles. The van der Waals surface area contributed by atoms with Crippen LogP contribution in [-0.2, 0) is 12.8 Å². The number of nitrogens with zero attached hydrogens (tertiary/aromatic N) is 2. The second kappa shape index (κ2) is 7.01. The lowest BCUT2D eigenvalue weighted by molar-refractivity contribution is 0.395. The van der Waals surface area contributed by atoms with Gasteiger partial charge >= 0.3 is 0 Å². The molecule has 1 heterocycles. The van der Waals surface area contributed by atoms with Crippen LogP contribution in [0, 0.1) is 0 Å². The number of ether oxygens (including phenoxy) is 1. The van der Waals surface area contributed by atoms with Crippen LogP contribution in [-0.4, -0.2) is 24.1 Å². The fraction of sp³-hybridized carbons (Fsp3) is 0.375. The van der Waals surface area contributed by atoms with Crippen LogP contribution in [0.2, 0.25) is 0 Å². The number of hydrogen-bond acceptors (Lipinski definition) is 4. The first kappa shape index (κ1) is 14.5. The first-order chi connectivity index (χ1) is 9.76. The van der Waals surface area contributed by atoms with Crippen molar-refractivity contribution in [3.05, 3.63) is 53.5 Å². The topological polar surface area (TPSA) is 47.0 Å². The SMILES string of the molecule is CCc1ccc(C(Cc2cc(OC)ncn2)NC)cc1. The molecule has 1 atom stereocenters. The fourth-order valence-corrected chi connectivity index (χ4v) is 2.18. The molecule has 106 valence electrons. The van der Waals surface area contributed by atoms with Crippen molar-refractivity contribution in [2.75, 3.05) is 14.2 Å². The molecule has 1 unspecified atom stereocenters. The van der Waals surface area contributed by atoms with Gasteiger partial charge in [0.25, 0.3) is 0 Å². The Morgan fingerprint density at radius 3 is 2.55 bits per heavy atom. The number of methoxy groups -OCH3 is 1. The summed E-state index contributed by atoms with van der Waals surface area (Å²) in [7, 11) is 3.59. The molecule has 0 radical (unpaired) electrons. The Morgan fingerprint density at radius 2 is 1.95 bits per heavy atom. The zero-order valence-corrected chi connectivity index (χ0v) is 12.3. The lowest BCUT2D eigenvalue weighted by Crippen LogP contribution is -2.19. The standard InChI is InChI=1S/C16H21N3O/c1-4-12-5-7-13(8-6-12)15(17-2)9-14-10-16(20-3)19-11-18-14/h5-8,10-11,15,17H,4,9H2,1-3H3. The molecular formula is C16H21N3O. The Hall–Kier alpha value is -1.94. The fourth-order valence-electron chi connectivity index (χ4n) is 2.18. The molecule has 4 nitrogen and oxygen atoms in total. The summed E-state index contributed by atoms with van der Waals surface area (Å²) in [5.74, 6) is 0.603. The van der Waals surface area contributed by atoms with Crippen LogP contribution in [0.25, 0.3) is 0 Å². The molecule has 1 N–H and O–H groups in total. The molecule has 2 rings (SSSR count). The molecule has 1 aromatic carbocycles. The zero-order valence-electron chi connectivity index (χ0n) is 12.3. The van der Waals surface area contributed by atoms with Gasteiger partial charge in [-0.05, 0) is 24.6 Å². The van der Waals surface area contributed by atoms with Crippen molar-refractivity contribution in [2.45, 2.75) is 25.8 Å². The van der Waals surface area contributed by atoms with Gasteiger partial charge in [0.15, 0.2) is 0 Å². The van der Waals surface area contributed by atoms with Crippen molar-refractivity contribution in [3.8, 4) is 5.88 Å². The number of aryl methyl sites for hydroxylation is 1. The van der Waals surface area contributed by atoms with E-state index in [1.165, 1.54) is 11.1 Å². The van der Waals surface area contributed by atoms with Crippen molar-refractivity contribution in [2.24, 2.45) is 0 Å². The number of rotatable bonds is 6. The van der Waals surface area contributed by atoms with E-state index in [0.717, 1.165) is 18.5 Å². The van der Waals surface area contributed by atoms with Crippen LogP contribution in [0.1, 0.15) is 29.8 Å². The molecule has 0 fully saturated rings. The molecular weight excluding hydrogens is 250 g/mol. The van der Waals surface area contributed by atoms with Crippen LogP contribution in [0.3, 0.4) is 0 Å². The monoisotopic (exact) mass is 271 g/mol. The average Bonchev–Trinajstić information content (AvgIpc) is 2.53. The number of likely N-dealkylation sites (N-methyl/N-ethyl adjacent to an activating group) is 1. The molecule has 0 saturated heterocycles. The summed E-state index contributed by atoms with van der Waals surface area (Å²) in [6, 6.07) is 10.8. The maximum absolute atomic E-state index is 5.13. The Balaban J connectivity index is 2.14. The number of aromatic nitrogens is 2. The minimum absolute atomic E-state index is 0.237. The van der Waals surface area contributed by atoms with Gasteiger partial charge in [0.1, 0.15) is 6.33 Å². The summed E-state index contributed by atoms with van der Waals surface area (Å²) in [4.78, 5) is 8.34. The van der Waals surface area contributed by atoms with E-state index in [4.69, 9.17) is 4.74 Å². The minimum Gasteiger partial charge on any atom is -0.481 e. The lowest BCUT2D eigenvalue weighted by atomic mass is 10.00. The largest absolute Gasteiger partial charge is 0.481 e. The van der Waals surface area contributed by atoms with Gasteiger partial charge in [-0.15, -0.1) is 0 Å². The number of benzene rings is 1. The van der Waals surface area contributed by atoms with Gasteiger partial charge in [-0.2, -0.15) is 0 Å². The van der Waals surface area contributed by atoms with Crippen LogP contribution >= 0.6 is 0 Å². The second-order valence-corrected chi connectivity index (χ2v) is 4.69. The molecule has 20 heavy (non-hydrogen) atoms. The molecule has 0 spiro atoms. The maximum Gasteiger partial charge on any atom is 0.216 e. The molecule has 0 aliphatic carbocycles. The van der Waals surface area contributed by atoms with E-state index in [0.29, 0.717) is 5.88 Å². The highest BCUT2D eigenvalue weighted by Crippen LogP contribution is 2.19. The van der Waals surface area contributed by atoms with E-state index in [2.05, 4.69) is 46.5 Å². The Kier molecular flexibility index (Phi) is 5.07. The summed E-state index contributed by atoms with van der Waals surface area (Å²) in [5.41, 5.74) is 3.59. The number of hydrogen-bond donors (Lipinski definition) is 1. The predicted molar refractivity (Wildman–Crippen MR) is 79.9 cm³/mol. The van der Waals surface area contributed by atoms with Crippen LogP contribution in [0.15, 0.2) is 36.7 Å². The van der Waals surface area contributed by atoms with Crippen LogP contribution in [0.4, 0.5) is 0 Å². The highest BCUT2D eigenvalue weighted by Gasteiger charge is 2.11. The summed E-state index contributed by atoms with van der Waals surface area (Å²) in [5, 5.41) is 3.34. The van der Waals surface area contributed by atoms with Crippen molar-refractivity contribution in [1.82, 2.24) is 15.3 Å². The molecule has 0 bridgehead atoms. The zero-order chi connectivity index (χ0) is 14.4. The summed E-state index contributed by atoms with van der Waals surface area (Å²) < 4.78 is 5.13. The van der Waals surface area contributed by atoms with Gasteiger partial charge in [0, 0.05) is 24.2 Å². The third kappa shape index (κ3) is 3.54. The van der Waals surface area contributed by atoms with Gasteiger partial charge in [0.2, 0.25) is 5.88 Å². The Labute approximate surface area is 120 Å². The first-order valence-corrected chi connectivity index (χ1v) is 6.87. The third-order valence-electron chi connectivity index (χ3n) is 3.46. The first-order valence-electron chi connectivity index (χ1n) is 6.87. The smallest absolute Gasteiger partial charge is 0.216 e. The normalized spacial score (nSPS) is 12.2. The van der Waals surface area contributed by atoms with Crippen molar-refractivity contribution >= 4 is 0 Å². The molecule has 0 saturated carbocycles. The molecule has 2 aromatic rings. The van der Waals surface area contributed by atoms with E-state index in [-0.39, 0.29) is 6.04 Å². The third-order valence-corrected chi connectivity index (χ3v) is 3.46. The molecule has 0 aliphatic rings. The molecule has 4 heteroatoms. The van der Waals surface area contributed by atoms with Crippen LogP contribution in [0.5, 0.6) is 5.88 Å². The van der Waals surface area contributed by atoms with Gasteiger partial charge < -0.3 is 10.1 Å². The average molecular weight is 271 g/mol. The molecule has 0 amide bonds. The van der Waals surface area contributed by atoms with E-state index in [1.807, 2.05) is 13.1 Å². The van der Waals surface area contributed by atoms with Gasteiger partial charge in [-0.25, -0.2) is 9.97 Å². The van der Waals surface area contributed by atoms with Crippen molar-refractivity contribution in [3.63, 3.8) is 0 Å². The Morgan fingerprint density at radius 1 is 1.20 bits per heavy atom. The minimum atomic E-state index is 0.237. The van der Waals surface area contributed by atoms with Crippen molar-refractivity contribution < 1.29 is 4.74 Å². The highest BCUT2D eigenvalue weighted by molar-refractivity contribution is 5.26. The van der Waals surface area contributed by atoms with Gasteiger partial charge in [0.05, 0.1) is 7.11 Å². The van der Waals surface area contributed by atoms with Gasteiger partial charge in [-0.3, -0.25) is 0 Å². The Bertz CT molecular complexity index is 540. The quantitative estimate of drug-likeness (QED) is 0.877. The second-order valence-electron chi connectivity index (χ2n) is 4.69.